The molecule has 0 aromatic rings. The van der Waals surface area contributed by atoms with Crippen LogP contribution in [0.25, 0.3) is 0 Å². The van der Waals surface area contributed by atoms with Gasteiger partial charge in [0.15, 0.2) is 0 Å². The lowest BCUT2D eigenvalue weighted by Crippen LogP contribution is -2.10. The number of hydrogen-bond donors (Lipinski definition) is 2. The monoisotopic (exact) mass is 350 g/mol. The van der Waals surface area contributed by atoms with Gasteiger partial charge in [0.2, 0.25) is 0 Å². The van der Waals surface area contributed by atoms with Crippen LogP contribution in [0.5, 0.6) is 0 Å². The molecule has 0 rings (SSSR count). The molecule has 0 aliphatic carbocycles. The third-order valence-electron chi connectivity index (χ3n) is 3.45. The van der Waals surface area contributed by atoms with Crippen LogP contribution in [-0.2, 0) is 19.1 Å². The van der Waals surface area contributed by atoms with Crippen LogP contribution < -0.4 is 0 Å². The van der Waals surface area contributed by atoms with Gasteiger partial charge in [-0.25, -0.2) is 0 Å². The van der Waals surface area contributed by atoms with Gasteiger partial charge in [0.05, 0.1) is 25.0 Å². The number of carbonyl (C=O) groups is 2. The highest BCUT2D eigenvalue weighted by atomic mass is 16.5. The summed E-state index contributed by atoms with van der Waals surface area (Å²) < 4.78 is 10.0. The maximum atomic E-state index is 10.2. The Morgan fingerprint density at radius 2 is 0.917 bits per heavy atom. The molecule has 0 aromatic carbocycles. The van der Waals surface area contributed by atoms with E-state index in [1.165, 1.54) is 0 Å². The molecule has 6 heteroatoms. The van der Waals surface area contributed by atoms with Crippen molar-refractivity contribution in [3.05, 3.63) is 0 Å². The molecule has 0 heterocycles. The fraction of sp³-hybridized carbons (Fsp3) is 0.889. The number of aliphatic carboxylic acids is 2. The van der Waals surface area contributed by atoms with Gasteiger partial charge in [-0.1, -0.05) is 27.7 Å². The quantitative estimate of drug-likeness (QED) is 0.546. The number of hydrogen-bond acceptors (Lipinski definition) is 4. The topological polar surface area (TPSA) is 93.1 Å². The van der Waals surface area contributed by atoms with Gasteiger partial charge < -0.3 is 19.7 Å². The van der Waals surface area contributed by atoms with Crippen LogP contribution in [0.1, 0.15) is 67.2 Å². The summed E-state index contributed by atoms with van der Waals surface area (Å²) in [5.41, 5.74) is 0. The van der Waals surface area contributed by atoms with Gasteiger partial charge in [0, 0.05) is 13.2 Å². The Kier molecular flexibility index (Phi) is 25.2. The Hall–Kier alpha value is -1.14. The summed E-state index contributed by atoms with van der Waals surface area (Å²) >= 11 is 0. The van der Waals surface area contributed by atoms with E-state index in [1.807, 2.05) is 41.5 Å². The smallest absolute Gasteiger partial charge is 0.306 e. The second-order valence-electron chi connectivity index (χ2n) is 5.10. The van der Waals surface area contributed by atoms with E-state index in [-0.39, 0.29) is 11.8 Å². The van der Waals surface area contributed by atoms with Gasteiger partial charge >= 0.3 is 11.9 Å². The Morgan fingerprint density at radius 3 is 1.00 bits per heavy atom. The van der Waals surface area contributed by atoms with Crippen molar-refractivity contribution in [2.75, 3.05) is 26.4 Å². The molecule has 0 saturated carbocycles. The van der Waals surface area contributed by atoms with Gasteiger partial charge in [-0.3, -0.25) is 9.59 Å². The molecular formula is C18H38O6. The van der Waals surface area contributed by atoms with Crippen molar-refractivity contribution in [1.29, 1.82) is 0 Å². The van der Waals surface area contributed by atoms with E-state index in [2.05, 4.69) is 0 Å². The van der Waals surface area contributed by atoms with Gasteiger partial charge in [-0.15, -0.1) is 0 Å². The van der Waals surface area contributed by atoms with Gasteiger partial charge in [-0.2, -0.15) is 0 Å². The first kappa shape index (κ1) is 27.7. The van der Waals surface area contributed by atoms with E-state index in [9.17, 15) is 9.59 Å². The van der Waals surface area contributed by atoms with Gasteiger partial charge in [0.25, 0.3) is 0 Å². The first-order chi connectivity index (χ1) is 11.4. The summed E-state index contributed by atoms with van der Waals surface area (Å²) in [5, 5.41) is 16.7. The predicted molar refractivity (Wildman–Crippen MR) is 96.4 cm³/mol. The minimum Gasteiger partial charge on any atom is -0.481 e. The average molecular weight is 350 g/mol. The van der Waals surface area contributed by atoms with E-state index < -0.39 is 11.9 Å². The zero-order valence-corrected chi connectivity index (χ0v) is 16.3. The maximum absolute atomic E-state index is 10.2. The maximum Gasteiger partial charge on any atom is 0.306 e. The van der Waals surface area contributed by atoms with Crippen molar-refractivity contribution in [2.45, 2.75) is 67.2 Å². The molecule has 0 saturated heterocycles. The van der Waals surface area contributed by atoms with Crippen molar-refractivity contribution in [1.82, 2.24) is 0 Å². The average Bonchev–Trinajstić information content (AvgIpc) is 2.54. The summed E-state index contributed by atoms with van der Waals surface area (Å²) in [5.74, 6) is -1.60. The van der Waals surface area contributed by atoms with Crippen LogP contribution in [0.3, 0.4) is 0 Å². The Morgan fingerprint density at radius 1 is 0.667 bits per heavy atom. The molecule has 24 heavy (non-hydrogen) atoms. The molecule has 0 fully saturated rings. The summed E-state index contributed by atoms with van der Waals surface area (Å²) in [7, 11) is 0. The predicted octanol–water partition coefficient (Wildman–Crippen LogP) is 4.07. The van der Waals surface area contributed by atoms with Crippen LogP contribution in [0.2, 0.25) is 0 Å². The zero-order chi connectivity index (χ0) is 19.4. The van der Waals surface area contributed by atoms with Crippen LogP contribution in [-0.4, -0.2) is 48.6 Å². The van der Waals surface area contributed by atoms with Crippen LogP contribution in [0.4, 0.5) is 0 Å². The SMILES string of the molecule is CCC(CC)C(=O)O.CCC(CC)C(=O)O.CCOCCOCC. The summed E-state index contributed by atoms with van der Waals surface area (Å²) in [6.45, 7) is 14.5. The summed E-state index contributed by atoms with van der Waals surface area (Å²) in [6.07, 6.45) is 2.97. The Bertz CT molecular complexity index is 245. The van der Waals surface area contributed by atoms with Crippen molar-refractivity contribution < 1.29 is 29.3 Å². The highest BCUT2D eigenvalue weighted by molar-refractivity contribution is 5.70. The third kappa shape index (κ3) is 20.9. The van der Waals surface area contributed by atoms with Crippen LogP contribution >= 0.6 is 0 Å². The van der Waals surface area contributed by atoms with E-state index in [1.54, 1.807) is 0 Å². The molecule has 146 valence electrons. The van der Waals surface area contributed by atoms with E-state index >= 15 is 0 Å². The van der Waals surface area contributed by atoms with Crippen LogP contribution in [0.15, 0.2) is 0 Å². The van der Waals surface area contributed by atoms with Gasteiger partial charge in [0.1, 0.15) is 0 Å². The van der Waals surface area contributed by atoms with Gasteiger partial charge in [-0.05, 0) is 39.5 Å². The molecule has 0 aromatic heterocycles. The number of carboxylic acid groups (broad SMARTS) is 2. The molecule has 0 aliphatic rings. The normalized spacial score (nSPS) is 9.83. The number of rotatable bonds is 11. The van der Waals surface area contributed by atoms with E-state index in [0.717, 1.165) is 52.1 Å². The molecular weight excluding hydrogens is 312 g/mol. The van der Waals surface area contributed by atoms with Crippen molar-refractivity contribution >= 4 is 11.9 Å². The fourth-order valence-corrected chi connectivity index (χ4v) is 1.68. The Labute approximate surface area is 147 Å². The molecule has 0 radical (unpaired) electrons. The highest BCUT2D eigenvalue weighted by Crippen LogP contribution is 2.06. The molecule has 0 bridgehead atoms. The standard InChI is InChI=1S/C6H14O2.2C6H12O2/c1-3-7-5-6-8-4-2;2*1-3-5(4-2)6(7)8/h3-6H2,1-2H3;2*5H,3-4H2,1-2H3,(H,7,8). The van der Waals surface area contributed by atoms with Crippen molar-refractivity contribution in [3.8, 4) is 0 Å². The molecule has 0 atom stereocenters. The first-order valence-corrected chi connectivity index (χ1v) is 8.96. The Balaban J connectivity index is -0.000000276. The second kappa shape index (κ2) is 21.9. The fourth-order valence-electron chi connectivity index (χ4n) is 1.68. The molecule has 0 unspecified atom stereocenters. The first-order valence-electron chi connectivity index (χ1n) is 8.96. The third-order valence-corrected chi connectivity index (χ3v) is 3.45. The zero-order valence-electron chi connectivity index (χ0n) is 16.3. The summed E-state index contributed by atoms with van der Waals surface area (Å²) in [4.78, 5) is 20.3. The summed E-state index contributed by atoms with van der Waals surface area (Å²) in [6, 6.07) is 0. The number of carboxylic acids is 2. The molecule has 0 spiro atoms. The lowest BCUT2D eigenvalue weighted by Gasteiger charge is -2.02. The number of ether oxygens (including phenoxy) is 2. The van der Waals surface area contributed by atoms with E-state index in [4.69, 9.17) is 19.7 Å². The van der Waals surface area contributed by atoms with E-state index in [0.29, 0.717) is 0 Å². The van der Waals surface area contributed by atoms with Crippen LogP contribution in [0, 0.1) is 11.8 Å². The minimum absolute atomic E-state index is 0.130. The van der Waals surface area contributed by atoms with Crippen molar-refractivity contribution in [3.63, 3.8) is 0 Å². The minimum atomic E-state index is -0.671. The van der Waals surface area contributed by atoms with Crippen molar-refractivity contribution in [2.24, 2.45) is 11.8 Å². The molecule has 6 nitrogen and oxygen atoms in total. The molecule has 0 amide bonds. The second-order valence-corrected chi connectivity index (χ2v) is 5.10. The lowest BCUT2D eigenvalue weighted by molar-refractivity contribution is -0.142. The largest absolute Gasteiger partial charge is 0.481 e. The molecule has 2 N–H and O–H groups in total. The lowest BCUT2D eigenvalue weighted by atomic mass is 10.1. The highest BCUT2D eigenvalue weighted by Gasteiger charge is 2.10. The molecule has 0 aliphatic heterocycles.